The summed E-state index contributed by atoms with van der Waals surface area (Å²) in [7, 11) is 1.07. The van der Waals surface area contributed by atoms with E-state index in [0.29, 0.717) is 0 Å². The van der Waals surface area contributed by atoms with Gasteiger partial charge >= 0.3 is 18.2 Å². The number of hydrazine groups is 1. The van der Waals surface area contributed by atoms with Gasteiger partial charge in [-0.15, -0.1) is 0 Å². The van der Waals surface area contributed by atoms with Gasteiger partial charge in [0.25, 0.3) is 11.9 Å². The molecule has 6 rings (SSSR count). The smallest absolute Gasteiger partial charge is 0.407 e. The van der Waals surface area contributed by atoms with Crippen LogP contribution in [0.3, 0.4) is 0 Å². The summed E-state index contributed by atoms with van der Waals surface area (Å²) in [5.74, 6) is -3.02. The van der Waals surface area contributed by atoms with Crippen LogP contribution in [0.4, 0.5) is 9.59 Å². The molecule has 58 heavy (non-hydrogen) atoms. The lowest BCUT2D eigenvalue weighted by Crippen LogP contribution is -2.53. The van der Waals surface area contributed by atoms with Crippen molar-refractivity contribution in [3.63, 3.8) is 0 Å². The van der Waals surface area contributed by atoms with E-state index in [-0.39, 0.29) is 62.5 Å². The topological polar surface area (TPSA) is 237 Å². The van der Waals surface area contributed by atoms with Crippen LogP contribution in [0.2, 0.25) is 0 Å². The number of nitrogens with two attached hydrogens (primary N) is 1. The number of amides is 3. The molecule has 0 unspecified atom stereocenters. The van der Waals surface area contributed by atoms with Crippen molar-refractivity contribution in [2.45, 2.75) is 43.2 Å². The third-order valence-electron chi connectivity index (χ3n) is 10.1. The average Bonchev–Trinajstić information content (AvgIpc) is 3.73. The highest BCUT2D eigenvalue weighted by molar-refractivity contribution is 5.89. The molecule has 0 saturated heterocycles. The molecule has 2 aliphatic carbocycles. The third-order valence-corrected chi connectivity index (χ3v) is 10.1. The predicted molar refractivity (Wildman–Crippen MR) is 210 cm³/mol. The van der Waals surface area contributed by atoms with Crippen molar-refractivity contribution in [1.29, 1.82) is 0 Å². The van der Waals surface area contributed by atoms with Gasteiger partial charge in [0.1, 0.15) is 19.3 Å². The lowest BCUT2D eigenvalue weighted by atomic mass is 9.98. The molecule has 4 aromatic rings. The first-order valence-corrected chi connectivity index (χ1v) is 18.6. The first kappa shape index (κ1) is 40.6. The number of aliphatic imine (C=N–C) groups is 1. The monoisotopic (exact) mass is 793 g/mol. The van der Waals surface area contributed by atoms with Crippen LogP contribution >= 0.6 is 0 Å². The van der Waals surface area contributed by atoms with Crippen molar-refractivity contribution in [1.82, 2.24) is 21.1 Å². The number of rotatable bonds is 16. The Hall–Kier alpha value is -7.01. The maximum Gasteiger partial charge on any atom is 0.407 e. The minimum Gasteiger partial charge on any atom is -0.467 e. The summed E-state index contributed by atoms with van der Waals surface area (Å²) in [5.41, 5.74) is 15.4. The molecular formula is C41H43N7O10. The highest BCUT2D eigenvalue weighted by Gasteiger charge is 2.36. The van der Waals surface area contributed by atoms with Gasteiger partial charge in [-0.2, -0.15) is 0 Å². The van der Waals surface area contributed by atoms with Crippen LogP contribution in [-0.4, -0.2) is 90.8 Å². The summed E-state index contributed by atoms with van der Waals surface area (Å²) >= 11 is 0. The van der Waals surface area contributed by atoms with Crippen LogP contribution in [0, 0.1) is 10.1 Å². The highest BCUT2D eigenvalue weighted by atomic mass is 16.7. The number of nitro groups is 1. The van der Waals surface area contributed by atoms with E-state index in [9.17, 15) is 34.5 Å². The van der Waals surface area contributed by atoms with E-state index in [1.54, 1.807) is 5.43 Å². The first-order chi connectivity index (χ1) is 28.1. The molecule has 0 heterocycles. The number of fused-ring (bicyclic) bond motifs is 6. The van der Waals surface area contributed by atoms with Crippen LogP contribution < -0.4 is 21.8 Å². The van der Waals surface area contributed by atoms with Crippen LogP contribution in [0.15, 0.2) is 102 Å². The number of guanidine groups is 1. The first-order valence-electron chi connectivity index (χ1n) is 18.6. The molecule has 0 bridgehead atoms. The molecule has 0 radical (unpaired) electrons. The number of nitrogens with one attached hydrogen (secondary N) is 3. The number of hydrogen-bond acceptors (Lipinski definition) is 11. The zero-order valence-electron chi connectivity index (χ0n) is 31.5. The van der Waals surface area contributed by atoms with Crippen molar-refractivity contribution in [2.24, 2.45) is 10.7 Å². The zero-order valence-corrected chi connectivity index (χ0v) is 31.5. The fourth-order valence-electron chi connectivity index (χ4n) is 7.41. The molecule has 0 fully saturated rings. The molecule has 302 valence electrons. The van der Waals surface area contributed by atoms with Crippen molar-refractivity contribution >= 4 is 30.0 Å². The molecule has 0 saturated carbocycles. The summed E-state index contributed by atoms with van der Waals surface area (Å²) in [6.07, 6.45) is -2.13. The Kier molecular flexibility index (Phi) is 13.1. The molecule has 17 heteroatoms. The minimum atomic E-state index is -1.60. The van der Waals surface area contributed by atoms with Gasteiger partial charge in [-0.3, -0.25) is 10.0 Å². The Morgan fingerprint density at radius 1 is 0.793 bits per heavy atom. The van der Waals surface area contributed by atoms with Gasteiger partial charge in [-0.05, 0) is 63.8 Å². The Bertz CT molecular complexity index is 2110. The summed E-state index contributed by atoms with van der Waals surface area (Å²) in [6, 6.07) is 28.2. The fourth-order valence-corrected chi connectivity index (χ4v) is 7.41. The zero-order chi connectivity index (χ0) is 41.2. The molecule has 3 amide bonds. The molecule has 2 atom stereocenters. The Morgan fingerprint density at radius 2 is 1.26 bits per heavy atom. The number of carbonyl (C=O) groups excluding carboxylic acids is 4. The van der Waals surface area contributed by atoms with Crippen LogP contribution in [-0.2, 0) is 23.8 Å². The van der Waals surface area contributed by atoms with Crippen molar-refractivity contribution in [3.8, 4) is 22.3 Å². The predicted octanol–water partition coefficient (Wildman–Crippen LogP) is 4.46. The number of alkyl carbamates (subject to hydrolysis) is 2. The Morgan fingerprint density at radius 3 is 1.72 bits per heavy atom. The van der Waals surface area contributed by atoms with Crippen LogP contribution in [0.1, 0.15) is 53.4 Å². The van der Waals surface area contributed by atoms with Gasteiger partial charge in [0.2, 0.25) is 0 Å². The van der Waals surface area contributed by atoms with E-state index in [2.05, 4.69) is 15.6 Å². The summed E-state index contributed by atoms with van der Waals surface area (Å²) < 4.78 is 16.0. The molecular weight excluding hydrogens is 750 g/mol. The average molecular weight is 794 g/mol. The lowest BCUT2D eigenvalue weighted by molar-refractivity contribution is -0.525. The highest BCUT2D eigenvalue weighted by Crippen LogP contribution is 2.45. The van der Waals surface area contributed by atoms with Gasteiger partial charge in [-0.1, -0.05) is 102 Å². The number of ether oxygens (including phenoxy) is 3. The number of benzene rings is 4. The largest absolute Gasteiger partial charge is 0.467 e. The number of methoxy groups -OCH3 is 1. The maximum atomic E-state index is 13.8. The van der Waals surface area contributed by atoms with E-state index in [1.807, 2.05) is 97.1 Å². The molecule has 0 aliphatic heterocycles. The molecule has 17 nitrogen and oxygen atoms in total. The molecule has 6 N–H and O–H groups in total. The van der Waals surface area contributed by atoms with E-state index >= 15 is 0 Å². The molecule has 2 aliphatic rings. The van der Waals surface area contributed by atoms with E-state index in [4.69, 9.17) is 19.9 Å². The number of hydroxylamine groups is 2. The van der Waals surface area contributed by atoms with E-state index in [0.717, 1.165) is 51.6 Å². The quantitative estimate of drug-likeness (QED) is 0.0155. The standard InChI is InChI=1S/C41H43N7O10/c1-56-38(50)36(20-22-44-40(51)57-23-33-29-15-6-2-11-25(29)26-12-3-7-16-30(26)33)47(53)37(49)35(19-10-21-43-39(42)46-48(54)55)45-41(52)58-24-34-31-17-8-4-13-27(31)28-14-5-9-18-32(28)34/h2-9,11-18,33-36,53H,10,19-24H2,1H3,(H,44,51)(H,45,52)(H3,42,43,46)/t35-,36-/m0/s1. The Labute approximate surface area is 333 Å². The number of esters is 1. The number of carbonyl (C=O) groups is 4. The molecule has 4 aromatic carbocycles. The van der Waals surface area contributed by atoms with Gasteiger partial charge in [-0.25, -0.2) is 34.6 Å². The van der Waals surface area contributed by atoms with Gasteiger partial charge in [0.15, 0.2) is 11.1 Å². The maximum absolute atomic E-state index is 13.8. The Balaban J connectivity index is 1.08. The van der Waals surface area contributed by atoms with Gasteiger partial charge in [0.05, 0.1) is 7.11 Å². The fraction of sp³-hybridized carbons (Fsp3) is 0.293. The second-order valence-electron chi connectivity index (χ2n) is 13.6. The number of hydrogen-bond donors (Lipinski definition) is 5. The van der Waals surface area contributed by atoms with Gasteiger partial charge in [0, 0.05) is 24.9 Å². The van der Waals surface area contributed by atoms with Crippen LogP contribution in [0.5, 0.6) is 0 Å². The second-order valence-corrected chi connectivity index (χ2v) is 13.6. The second kappa shape index (κ2) is 18.8. The van der Waals surface area contributed by atoms with Crippen molar-refractivity contribution in [2.75, 3.05) is 33.4 Å². The lowest BCUT2D eigenvalue weighted by Gasteiger charge is -2.28. The van der Waals surface area contributed by atoms with Crippen LogP contribution in [0.25, 0.3) is 22.3 Å². The summed E-state index contributed by atoms with van der Waals surface area (Å²) in [6.45, 7) is -0.323. The summed E-state index contributed by atoms with van der Waals surface area (Å²) in [5, 5.41) is 26.1. The normalized spacial score (nSPS) is 13.8. The number of nitrogens with zero attached hydrogens (tertiary/aromatic N) is 3. The van der Waals surface area contributed by atoms with Gasteiger partial charge < -0.3 is 30.6 Å². The molecule has 0 aromatic heterocycles. The van der Waals surface area contributed by atoms with Crippen molar-refractivity contribution in [3.05, 3.63) is 129 Å². The van der Waals surface area contributed by atoms with E-state index < -0.39 is 47.1 Å². The minimum absolute atomic E-state index is 0.0475. The SMILES string of the molecule is COC(=O)[C@H](CCNC(=O)OCC1c2ccccc2-c2ccccc21)N(O)C(=O)[C@H](CCCN=C(N)N[N+](=O)[O-])NC(=O)OCC1c2ccccc2-c2ccccc21. The summed E-state index contributed by atoms with van der Waals surface area (Å²) in [4.78, 5) is 67.2. The van der Waals surface area contributed by atoms with E-state index in [1.165, 1.54) is 0 Å². The molecule has 0 spiro atoms. The third kappa shape index (κ3) is 9.33. The van der Waals surface area contributed by atoms with Crippen molar-refractivity contribution < 1.29 is 43.6 Å².